The second-order valence-electron chi connectivity index (χ2n) is 10.6. The number of hydrogen-bond acceptors (Lipinski definition) is 5. The number of anilines is 1. The highest BCUT2D eigenvalue weighted by Gasteiger charge is 2.45. The third kappa shape index (κ3) is 5.97. The first-order valence-electron chi connectivity index (χ1n) is 13.2. The third-order valence-corrected chi connectivity index (χ3v) is 7.72. The summed E-state index contributed by atoms with van der Waals surface area (Å²) < 4.78 is 13.4. The molecule has 0 saturated carbocycles. The molecule has 0 spiro atoms. The Morgan fingerprint density at radius 3 is 2.18 bits per heavy atom. The van der Waals surface area contributed by atoms with E-state index >= 15 is 0 Å². The van der Waals surface area contributed by atoms with Gasteiger partial charge in [-0.2, -0.15) is 0 Å². The molecule has 206 valence electrons. The summed E-state index contributed by atoms with van der Waals surface area (Å²) in [6, 6.07) is 22.8. The number of carbonyl (C=O) groups excluding carboxylic acids is 2. The predicted octanol–water partition coefficient (Wildman–Crippen LogP) is 3.43. The number of rotatable bonds is 8. The van der Waals surface area contributed by atoms with Gasteiger partial charge in [-0.05, 0) is 49.1 Å². The molecule has 0 bridgehead atoms. The molecule has 1 unspecified atom stereocenters. The summed E-state index contributed by atoms with van der Waals surface area (Å²) in [5.74, 6) is -0.964. The van der Waals surface area contributed by atoms with Crippen molar-refractivity contribution in [2.75, 3.05) is 32.9 Å². The third-order valence-electron chi connectivity index (χ3n) is 7.72. The first kappa shape index (κ1) is 28.3. The smallest absolute Gasteiger partial charge is 0.253 e. The summed E-state index contributed by atoms with van der Waals surface area (Å²) >= 11 is 0. The number of carbonyl (C=O) groups is 2. The lowest BCUT2D eigenvalue weighted by Gasteiger charge is -2.44. The van der Waals surface area contributed by atoms with Crippen LogP contribution in [0, 0.1) is 5.82 Å². The maximum absolute atomic E-state index is 14.0. The summed E-state index contributed by atoms with van der Waals surface area (Å²) in [4.78, 5) is 30.6. The second kappa shape index (κ2) is 12.0. The molecule has 3 aromatic rings. The molecule has 1 fully saturated rings. The Morgan fingerprint density at radius 1 is 1.08 bits per heavy atom. The molecule has 1 aliphatic rings. The van der Waals surface area contributed by atoms with Gasteiger partial charge in [0.1, 0.15) is 11.2 Å². The average Bonchev–Trinajstić information content (AvgIpc) is 2.93. The Labute approximate surface area is 229 Å². The fraction of sp³-hybridized carbons (Fsp3) is 0.355. The van der Waals surface area contributed by atoms with Crippen LogP contribution in [0.2, 0.25) is 0 Å². The molecule has 0 aliphatic carbocycles. The van der Waals surface area contributed by atoms with Crippen LogP contribution in [-0.4, -0.2) is 72.1 Å². The predicted molar refractivity (Wildman–Crippen MR) is 151 cm³/mol. The molecule has 4 rings (SSSR count). The lowest BCUT2D eigenvalue weighted by molar-refractivity contribution is -0.134. The van der Waals surface area contributed by atoms with Crippen molar-refractivity contribution in [3.8, 4) is 0 Å². The summed E-state index contributed by atoms with van der Waals surface area (Å²) in [5.41, 5.74) is 6.97. The number of nitrogens with two attached hydrogens (primary N) is 1. The van der Waals surface area contributed by atoms with Crippen molar-refractivity contribution >= 4 is 17.5 Å². The van der Waals surface area contributed by atoms with Gasteiger partial charge in [0.2, 0.25) is 5.91 Å². The number of aliphatic hydroxyl groups excluding tert-OH is 1. The van der Waals surface area contributed by atoms with Gasteiger partial charge in [0.05, 0.1) is 17.7 Å². The van der Waals surface area contributed by atoms with Crippen molar-refractivity contribution in [3.05, 3.63) is 101 Å². The van der Waals surface area contributed by atoms with Gasteiger partial charge in [0.25, 0.3) is 5.91 Å². The van der Waals surface area contributed by atoms with Crippen LogP contribution in [0.5, 0.6) is 0 Å². The van der Waals surface area contributed by atoms with Crippen LogP contribution in [0.1, 0.15) is 41.3 Å². The van der Waals surface area contributed by atoms with Crippen LogP contribution in [0.3, 0.4) is 0 Å². The standard InChI is InChI=1S/C31H37FN4O3/c1-21(36-17-16-27(28(37)20-36)34-29(38)25-15-14-24(32)18-26(25)33)19-31(30(39)35(2)3,22-10-6-4-7-11-22)23-12-8-5-9-13-23/h4-15,18,21,27-28,37H,16-17,19-20,33H2,1-3H3,(H,34,38)/t21?,27-,28-/m0/s1. The zero-order chi connectivity index (χ0) is 28.2. The Bertz CT molecular complexity index is 1250. The highest BCUT2D eigenvalue weighted by Crippen LogP contribution is 2.39. The molecule has 8 heteroatoms. The number of hydrogen-bond donors (Lipinski definition) is 3. The topological polar surface area (TPSA) is 98.9 Å². The molecule has 4 N–H and O–H groups in total. The maximum Gasteiger partial charge on any atom is 0.253 e. The number of nitrogens with one attached hydrogen (secondary N) is 1. The summed E-state index contributed by atoms with van der Waals surface area (Å²) in [5, 5.41) is 13.9. The van der Waals surface area contributed by atoms with Crippen LogP contribution in [0.25, 0.3) is 0 Å². The van der Waals surface area contributed by atoms with Crippen LogP contribution in [0.4, 0.5) is 10.1 Å². The van der Waals surface area contributed by atoms with Crippen molar-refractivity contribution < 1.29 is 19.1 Å². The summed E-state index contributed by atoms with van der Waals surface area (Å²) in [6.45, 7) is 3.03. The fourth-order valence-electron chi connectivity index (χ4n) is 5.65. The van der Waals surface area contributed by atoms with Crippen LogP contribution in [0.15, 0.2) is 78.9 Å². The van der Waals surface area contributed by atoms with Gasteiger partial charge >= 0.3 is 0 Å². The number of likely N-dealkylation sites (N-methyl/N-ethyl adjacent to an activating group) is 1. The van der Waals surface area contributed by atoms with Gasteiger partial charge in [0, 0.05) is 38.9 Å². The Balaban J connectivity index is 1.54. The van der Waals surface area contributed by atoms with Gasteiger partial charge in [-0.25, -0.2) is 4.39 Å². The second-order valence-corrected chi connectivity index (χ2v) is 10.6. The number of aliphatic hydroxyl groups is 1. The highest BCUT2D eigenvalue weighted by atomic mass is 19.1. The fourth-order valence-corrected chi connectivity index (χ4v) is 5.65. The number of amides is 2. The van der Waals surface area contributed by atoms with Gasteiger partial charge in [-0.3, -0.25) is 14.5 Å². The van der Waals surface area contributed by atoms with E-state index in [0.29, 0.717) is 25.9 Å². The van der Waals surface area contributed by atoms with Crippen molar-refractivity contribution in [3.63, 3.8) is 0 Å². The van der Waals surface area contributed by atoms with Crippen LogP contribution < -0.4 is 11.1 Å². The van der Waals surface area contributed by atoms with E-state index in [2.05, 4.69) is 17.1 Å². The van der Waals surface area contributed by atoms with Crippen molar-refractivity contribution in [1.29, 1.82) is 0 Å². The Kier molecular flexibility index (Phi) is 8.67. The van der Waals surface area contributed by atoms with Crippen LogP contribution in [-0.2, 0) is 10.2 Å². The number of β-amino-alcohol motifs (C(OH)–C–C–N with tert-alkyl or cyclic N) is 1. The van der Waals surface area contributed by atoms with E-state index < -0.39 is 29.3 Å². The molecule has 3 aromatic carbocycles. The highest BCUT2D eigenvalue weighted by molar-refractivity contribution is 5.99. The number of piperidine rings is 1. The Hall–Kier alpha value is -3.75. The maximum atomic E-state index is 14.0. The normalized spacial score (nSPS) is 18.8. The number of halogens is 1. The van der Waals surface area contributed by atoms with Crippen molar-refractivity contribution in [1.82, 2.24) is 15.1 Å². The molecule has 1 aliphatic heterocycles. The molecule has 3 atom stereocenters. The summed E-state index contributed by atoms with van der Waals surface area (Å²) in [6.07, 6.45) is 0.205. The summed E-state index contributed by atoms with van der Waals surface area (Å²) in [7, 11) is 3.55. The zero-order valence-corrected chi connectivity index (χ0v) is 22.7. The van der Waals surface area contributed by atoms with E-state index in [4.69, 9.17) is 5.73 Å². The number of nitrogens with zero attached hydrogens (tertiary/aromatic N) is 2. The van der Waals surface area contributed by atoms with E-state index in [1.165, 1.54) is 12.1 Å². The van der Waals surface area contributed by atoms with E-state index in [9.17, 15) is 19.1 Å². The lowest BCUT2D eigenvalue weighted by atomic mass is 9.69. The van der Waals surface area contributed by atoms with E-state index in [1.807, 2.05) is 60.7 Å². The van der Waals surface area contributed by atoms with E-state index in [0.717, 1.165) is 17.2 Å². The van der Waals surface area contributed by atoms with Crippen molar-refractivity contribution in [2.45, 2.75) is 43.4 Å². The molecule has 0 radical (unpaired) electrons. The molecule has 2 amide bonds. The van der Waals surface area contributed by atoms with Crippen LogP contribution >= 0.6 is 0 Å². The molecule has 1 heterocycles. The van der Waals surface area contributed by atoms with Gasteiger partial charge in [-0.15, -0.1) is 0 Å². The number of likely N-dealkylation sites (tertiary alicyclic amines) is 1. The minimum absolute atomic E-state index is 0.00802. The number of benzene rings is 3. The lowest BCUT2D eigenvalue weighted by Crippen LogP contribution is -2.57. The largest absolute Gasteiger partial charge is 0.398 e. The SMILES string of the molecule is CC(CC(C(=O)N(C)C)(c1ccccc1)c1ccccc1)N1CC[C@H](NC(=O)c2ccc(F)cc2N)[C@@H](O)C1. The molecule has 1 saturated heterocycles. The number of nitrogen functional groups attached to an aromatic ring is 1. The zero-order valence-electron chi connectivity index (χ0n) is 22.7. The minimum atomic E-state index is -0.915. The van der Waals surface area contributed by atoms with E-state index in [-0.39, 0.29) is 23.2 Å². The average molecular weight is 533 g/mol. The Morgan fingerprint density at radius 2 is 1.67 bits per heavy atom. The van der Waals surface area contributed by atoms with Gasteiger partial charge < -0.3 is 21.1 Å². The molecular formula is C31H37FN4O3. The first-order chi connectivity index (χ1) is 18.6. The molecule has 39 heavy (non-hydrogen) atoms. The van der Waals surface area contributed by atoms with Gasteiger partial charge in [0.15, 0.2) is 0 Å². The van der Waals surface area contributed by atoms with E-state index in [1.54, 1.807) is 19.0 Å². The minimum Gasteiger partial charge on any atom is -0.398 e. The van der Waals surface area contributed by atoms with Crippen molar-refractivity contribution in [2.24, 2.45) is 0 Å². The molecular weight excluding hydrogens is 495 g/mol. The van der Waals surface area contributed by atoms with Gasteiger partial charge in [-0.1, -0.05) is 60.7 Å². The first-order valence-corrected chi connectivity index (χ1v) is 13.2. The quantitative estimate of drug-likeness (QED) is 0.386. The molecule has 7 nitrogen and oxygen atoms in total. The monoisotopic (exact) mass is 532 g/mol. The molecule has 0 aromatic heterocycles.